The van der Waals surface area contributed by atoms with Crippen LogP contribution in [0.5, 0.6) is 0 Å². The van der Waals surface area contributed by atoms with Crippen molar-refractivity contribution in [2.45, 2.75) is 0 Å². The molecule has 1 N–H and O–H groups in total. The molecule has 0 amide bonds. The van der Waals surface area contributed by atoms with Gasteiger partial charge >= 0.3 is 0 Å². The van der Waals surface area contributed by atoms with E-state index in [0.717, 1.165) is 23.0 Å². The minimum Gasteiger partial charge on any atom is -0.316 e. The second-order valence-electron chi connectivity index (χ2n) is 3.40. The lowest BCUT2D eigenvalue weighted by Crippen LogP contribution is -2.03. The molecule has 0 radical (unpaired) electrons. The van der Waals surface area contributed by atoms with Crippen LogP contribution in [0.1, 0.15) is 5.56 Å². The Morgan fingerprint density at radius 3 is 3.06 bits per heavy atom. The lowest BCUT2D eigenvalue weighted by molar-refractivity contribution is 0.922. The highest BCUT2D eigenvalue weighted by Crippen LogP contribution is 2.20. The van der Waals surface area contributed by atoms with Crippen LogP contribution < -0.4 is 5.32 Å². The average molecular weight is 234 g/mol. The summed E-state index contributed by atoms with van der Waals surface area (Å²) in [6.07, 6.45) is 5.58. The van der Waals surface area contributed by atoms with Crippen molar-refractivity contribution >= 4 is 28.6 Å². The van der Waals surface area contributed by atoms with Gasteiger partial charge in [0.05, 0.1) is 5.52 Å². The molecule has 1 heterocycles. The van der Waals surface area contributed by atoms with Gasteiger partial charge in [-0.1, -0.05) is 29.8 Å². The Bertz CT molecular complexity index is 523. The number of rotatable bonds is 3. The van der Waals surface area contributed by atoms with E-state index in [-0.39, 0.29) is 0 Å². The third-order valence-electron chi connectivity index (χ3n) is 2.24. The highest BCUT2D eigenvalue weighted by molar-refractivity contribution is 6.34. The van der Waals surface area contributed by atoms with Gasteiger partial charge in [-0.25, -0.2) is 9.97 Å². The van der Waals surface area contributed by atoms with E-state index in [1.54, 1.807) is 0 Å². The van der Waals surface area contributed by atoms with Crippen LogP contribution in [0.25, 0.3) is 17.0 Å². The molecular weight excluding hydrogens is 222 g/mol. The molecule has 2 aromatic rings. The summed E-state index contributed by atoms with van der Waals surface area (Å²) in [6.45, 7) is 0.850. The number of nitrogens with zero attached hydrogens (tertiary/aromatic N) is 2. The quantitative estimate of drug-likeness (QED) is 0.828. The average Bonchev–Trinajstić information content (AvgIpc) is 2.30. The van der Waals surface area contributed by atoms with E-state index in [0.29, 0.717) is 5.15 Å². The van der Waals surface area contributed by atoms with Crippen molar-refractivity contribution in [2.24, 2.45) is 0 Å². The number of benzene rings is 1. The molecule has 82 valence electrons. The SMILES string of the molecule is CNCC=Cc1ccc2c(Cl)ncnc2c1. The lowest BCUT2D eigenvalue weighted by Gasteiger charge is -2.00. The smallest absolute Gasteiger partial charge is 0.140 e. The van der Waals surface area contributed by atoms with Crippen molar-refractivity contribution in [3.05, 3.63) is 41.3 Å². The van der Waals surface area contributed by atoms with Crippen LogP contribution in [0, 0.1) is 0 Å². The number of hydrogen-bond donors (Lipinski definition) is 1. The Balaban J connectivity index is 2.37. The maximum absolute atomic E-state index is 5.96. The molecule has 2 rings (SSSR count). The molecule has 16 heavy (non-hydrogen) atoms. The van der Waals surface area contributed by atoms with Gasteiger partial charge < -0.3 is 5.32 Å². The van der Waals surface area contributed by atoms with Crippen molar-refractivity contribution in [1.82, 2.24) is 15.3 Å². The van der Waals surface area contributed by atoms with Crippen LogP contribution in [0.3, 0.4) is 0 Å². The van der Waals surface area contributed by atoms with Gasteiger partial charge in [0, 0.05) is 11.9 Å². The minimum absolute atomic E-state index is 0.496. The first-order valence-corrected chi connectivity index (χ1v) is 5.40. The monoisotopic (exact) mass is 233 g/mol. The van der Waals surface area contributed by atoms with Gasteiger partial charge in [-0.2, -0.15) is 0 Å². The molecule has 1 aromatic carbocycles. The van der Waals surface area contributed by atoms with E-state index < -0.39 is 0 Å². The van der Waals surface area contributed by atoms with Crippen LogP contribution in [0.2, 0.25) is 5.15 Å². The molecular formula is C12H12ClN3. The third kappa shape index (κ3) is 2.38. The van der Waals surface area contributed by atoms with Crippen molar-refractivity contribution < 1.29 is 0 Å². The molecule has 0 aliphatic heterocycles. The Morgan fingerprint density at radius 2 is 2.25 bits per heavy atom. The van der Waals surface area contributed by atoms with E-state index in [1.165, 1.54) is 6.33 Å². The van der Waals surface area contributed by atoms with Crippen LogP contribution in [-0.4, -0.2) is 23.6 Å². The van der Waals surface area contributed by atoms with Crippen LogP contribution >= 0.6 is 11.6 Å². The van der Waals surface area contributed by atoms with Gasteiger partial charge in [-0.05, 0) is 24.7 Å². The van der Waals surface area contributed by atoms with Gasteiger partial charge in [-0.3, -0.25) is 0 Å². The maximum atomic E-state index is 5.96. The molecule has 0 aliphatic carbocycles. The summed E-state index contributed by atoms with van der Waals surface area (Å²) in [5, 5.41) is 4.43. The Morgan fingerprint density at radius 1 is 1.38 bits per heavy atom. The minimum atomic E-state index is 0.496. The van der Waals surface area contributed by atoms with Crippen LogP contribution in [0.15, 0.2) is 30.6 Å². The third-order valence-corrected chi connectivity index (χ3v) is 2.55. The number of likely N-dealkylation sites (N-methyl/N-ethyl adjacent to an activating group) is 1. The number of fused-ring (bicyclic) bond motifs is 1. The summed E-state index contributed by atoms with van der Waals surface area (Å²) < 4.78 is 0. The highest BCUT2D eigenvalue weighted by atomic mass is 35.5. The number of aromatic nitrogens is 2. The zero-order chi connectivity index (χ0) is 11.4. The van der Waals surface area contributed by atoms with Gasteiger partial charge in [0.1, 0.15) is 11.5 Å². The summed E-state index contributed by atoms with van der Waals surface area (Å²) in [7, 11) is 1.91. The summed E-state index contributed by atoms with van der Waals surface area (Å²) in [5.74, 6) is 0. The molecule has 0 saturated carbocycles. The standard InChI is InChI=1S/C12H12ClN3/c1-14-6-2-3-9-4-5-10-11(7-9)15-8-16-12(10)13/h2-5,7-8,14H,6H2,1H3. The molecule has 0 bridgehead atoms. The summed E-state index contributed by atoms with van der Waals surface area (Å²) in [5.41, 5.74) is 1.98. The molecule has 1 aromatic heterocycles. The molecule has 0 saturated heterocycles. The fraction of sp³-hybridized carbons (Fsp3) is 0.167. The maximum Gasteiger partial charge on any atom is 0.140 e. The lowest BCUT2D eigenvalue weighted by atomic mass is 10.1. The molecule has 3 nitrogen and oxygen atoms in total. The van der Waals surface area contributed by atoms with Gasteiger partial charge in [-0.15, -0.1) is 0 Å². The molecule has 0 fully saturated rings. The normalized spacial score (nSPS) is 11.4. The predicted molar refractivity (Wildman–Crippen MR) is 67.5 cm³/mol. The molecule has 0 spiro atoms. The Hall–Kier alpha value is -1.45. The van der Waals surface area contributed by atoms with E-state index in [9.17, 15) is 0 Å². The van der Waals surface area contributed by atoms with Gasteiger partial charge in [0.2, 0.25) is 0 Å². The molecule has 0 aliphatic rings. The van der Waals surface area contributed by atoms with Crippen molar-refractivity contribution in [3.63, 3.8) is 0 Å². The molecule has 0 unspecified atom stereocenters. The first kappa shape index (κ1) is 11.0. The van der Waals surface area contributed by atoms with E-state index in [1.807, 2.05) is 31.3 Å². The largest absolute Gasteiger partial charge is 0.316 e. The number of nitrogens with one attached hydrogen (secondary N) is 1. The van der Waals surface area contributed by atoms with Crippen LogP contribution in [0.4, 0.5) is 0 Å². The topological polar surface area (TPSA) is 37.8 Å². The van der Waals surface area contributed by atoms with Crippen LogP contribution in [-0.2, 0) is 0 Å². The fourth-order valence-electron chi connectivity index (χ4n) is 1.46. The Labute approximate surface area is 99.2 Å². The number of hydrogen-bond acceptors (Lipinski definition) is 3. The van der Waals surface area contributed by atoms with Crippen molar-refractivity contribution in [1.29, 1.82) is 0 Å². The molecule has 0 atom stereocenters. The molecule has 4 heteroatoms. The Kier molecular flexibility index (Phi) is 3.49. The number of halogens is 1. The fourth-order valence-corrected chi connectivity index (χ4v) is 1.66. The second-order valence-corrected chi connectivity index (χ2v) is 3.76. The van der Waals surface area contributed by atoms with Crippen molar-refractivity contribution in [3.8, 4) is 0 Å². The first-order chi connectivity index (χ1) is 7.81. The zero-order valence-electron chi connectivity index (χ0n) is 8.94. The van der Waals surface area contributed by atoms with Gasteiger partial charge in [0.15, 0.2) is 0 Å². The van der Waals surface area contributed by atoms with Crippen molar-refractivity contribution in [2.75, 3.05) is 13.6 Å². The van der Waals surface area contributed by atoms with Gasteiger partial charge in [0.25, 0.3) is 0 Å². The summed E-state index contributed by atoms with van der Waals surface area (Å²) >= 11 is 5.96. The summed E-state index contributed by atoms with van der Waals surface area (Å²) in [6, 6.07) is 5.94. The van der Waals surface area contributed by atoms with E-state index in [2.05, 4.69) is 21.4 Å². The van der Waals surface area contributed by atoms with E-state index in [4.69, 9.17) is 11.6 Å². The highest BCUT2D eigenvalue weighted by Gasteiger charge is 2.00. The summed E-state index contributed by atoms with van der Waals surface area (Å²) in [4.78, 5) is 8.12. The van der Waals surface area contributed by atoms with E-state index >= 15 is 0 Å². The second kappa shape index (κ2) is 5.05. The predicted octanol–water partition coefficient (Wildman–Crippen LogP) is 2.52. The first-order valence-electron chi connectivity index (χ1n) is 5.02. The zero-order valence-corrected chi connectivity index (χ0v) is 9.70.